The average Bonchev–Trinajstić information content (AvgIpc) is 2.45. The predicted molar refractivity (Wildman–Crippen MR) is 104 cm³/mol. The fourth-order valence-corrected chi connectivity index (χ4v) is 3.89. The second kappa shape index (κ2) is 7.04. The highest BCUT2D eigenvalue weighted by atomic mass is 127. The summed E-state index contributed by atoms with van der Waals surface area (Å²) in [7, 11) is 0. The lowest BCUT2D eigenvalue weighted by Gasteiger charge is -2.27. The molecule has 1 aliphatic rings. The normalized spacial score (nSPS) is 16.9. The lowest BCUT2D eigenvalue weighted by Crippen LogP contribution is -2.53. The third kappa shape index (κ3) is 3.49. The van der Waals surface area contributed by atoms with E-state index in [1.807, 2.05) is 45.2 Å². The molecule has 0 aromatic heterocycles. The second-order valence-corrected chi connectivity index (χ2v) is 7.07. The maximum Gasteiger partial charge on any atom is 0.265 e. The van der Waals surface area contributed by atoms with Crippen molar-refractivity contribution in [2.45, 2.75) is 0 Å². The Morgan fingerprint density at radius 3 is 2.45 bits per heavy atom. The van der Waals surface area contributed by atoms with Crippen LogP contribution in [0.4, 0.5) is 0 Å². The van der Waals surface area contributed by atoms with E-state index in [4.69, 9.17) is 12.2 Å². The quantitative estimate of drug-likeness (QED) is 0.203. The van der Waals surface area contributed by atoms with Gasteiger partial charge in [0.2, 0.25) is 0 Å². The number of amides is 2. The minimum atomic E-state index is -0.534. The number of hydrogen-bond donors (Lipinski definition) is 2. The first-order valence-corrected chi connectivity index (χ1v) is 8.59. The highest BCUT2D eigenvalue weighted by Gasteiger charge is 2.32. The average molecular weight is 540 g/mol. The molecule has 1 heterocycles. The van der Waals surface area contributed by atoms with Gasteiger partial charge in [0.25, 0.3) is 11.8 Å². The molecule has 1 aromatic carbocycles. The van der Waals surface area contributed by atoms with E-state index in [9.17, 15) is 14.7 Å². The fraction of sp³-hybridized carbons (Fsp3) is 0.0714. The van der Waals surface area contributed by atoms with Gasteiger partial charge in [-0.25, -0.2) is 0 Å². The lowest BCUT2D eigenvalue weighted by atomic mass is 10.1. The highest BCUT2D eigenvalue weighted by molar-refractivity contribution is 14.1. The third-order valence-corrected chi connectivity index (χ3v) is 4.81. The number of benzene rings is 1. The number of halogens is 2. The van der Waals surface area contributed by atoms with Gasteiger partial charge in [-0.15, -0.1) is 6.58 Å². The van der Waals surface area contributed by atoms with E-state index in [-0.39, 0.29) is 23.0 Å². The van der Waals surface area contributed by atoms with E-state index in [0.29, 0.717) is 12.7 Å². The molecule has 8 heteroatoms. The van der Waals surface area contributed by atoms with Crippen LogP contribution in [0.5, 0.6) is 5.75 Å². The predicted octanol–water partition coefficient (Wildman–Crippen LogP) is 2.41. The van der Waals surface area contributed by atoms with Gasteiger partial charge in [-0.2, -0.15) is 0 Å². The van der Waals surface area contributed by atoms with Crippen molar-refractivity contribution in [3.63, 3.8) is 0 Å². The van der Waals surface area contributed by atoms with Crippen LogP contribution in [-0.4, -0.2) is 33.5 Å². The fourth-order valence-electron chi connectivity index (χ4n) is 1.82. The topological polar surface area (TPSA) is 69.6 Å². The van der Waals surface area contributed by atoms with Gasteiger partial charge >= 0.3 is 0 Å². The zero-order chi connectivity index (χ0) is 16.4. The van der Waals surface area contributed by atoms with Gasteiger partial charge in [0, 0.05) is 6.54 Å². The van der Waals surface area contributed by atoms with Gasteiger partial charge in [-0.1, -0.05) is 6.08 Å². The van der Waals surface area contributed by atoms with Crippen LogP contribution in [0.25, 0.3) is 6.08 Å². The van der Waals surface area contributed by atoms with Crippen LogP contribution in [0.15, 0.2) is 30.4 Å². The second-order valence-electron chi connectivity index (χ2n) is 4.35. The summed E-state index contributed by atoms with van der Waals surface area (Å²) in [5.74, 6) is -0.822. The summed E-state index contributed by atoms with van der Waals surface area (Å²) in [6.45, 7) is 3.79. The number of nitrogens with one attached hydrogen (secondary N) is 1. The lowest BCUT2D eigenvalue weighted by molar-refractivity contribution is -0.128. The van der Waals surface area contributed by atoms with E-state index in [2.05, 4.69) is 11.9 Å². The van der Waals surface area contributed by atoms with E-state index in [0.717, 1.165) is 0 Å². The zero-order valence-electron chi connectivity index (χ0n) is 11.1. The molecule has 0 aliphatic carbocycles. The largest absolute Gasteiger partial charge is 0.506 e. The molecule has 0 radical (unpaired) electrons. The Bertz CT molecular complexity index is 708. The standard InChI is InChI=1S/C14H10I2N2O3S/c1-2-3-18-13(21)8(12(20)17-14(18)22)4-7-5-9(15)11(19)10(16)6-7/h2,4-6,19H,1,3H2,(H,17,20,22)/b8-4+. The summed E-state index contributed by atoms with van der Waals surface area (Å²) in [5.41, 5.74) is 0.643. The maximum atomic E-state index is 12.4. The molecule has 0 spiro atoms. The molecule has 1 saturated heterocycles. The number of nitrogens with zero attached hydrogens (tertiary/aromatic N) is 1. The summed E-state index contributed by atoms with van der Waals surface area (Å²) in [6, 6.07) is 3.38. The summed E-state index contributed by atoms with van der Waals surface area (Å²) >= 11 is 8.96. The van der Waals surface area contributed by atoms with Gasteiger partial charge in [0.15, 0.2) is 5.11 Å². The number of aromatic hydroxyl groups is 1. The van der Waals surface area contributed by atoms with Crippen molar-refractivity contribution < 1.29 is 14.7 Å². The molecular formula is C14H10I2N2O3S. The molecule has 1 fully saturated rings. The van der Waals surface area contributed by atoms with Crippen LogP contribution >= 0.6 is 57.4 Å². The van der Waals surface area contributed by atoms with Crippen molar-refractivity contribution in [1.29, 1.82) is 0 Å². The van der Waals surface area contributed by atoms with Crippen molar-refractivity contribution in [2.75, 3.05) is 6.54 Å². The van der Waals surface area contributed by atoms with Crippen LogP contribution in [0.1, 0.15) is 5.56 Å². The Labute approximate surface area is 159 Å². The molecule has 5 nitrogen and oxygen atoms in total. The number of rotatable bonds is 3. The molecule has 1 aromatic rings. The van der Waals surface area contributed by atoms with Crippen molar-refractivity contribution in [3.05, 3.63) is 43.1 Å². The van der Waals surface area contributed by atoms with Crippen LogP contribution in [-0.2, 0) is 9.59 Å². The zero-order valence-corrected chi connectivity index (χ0v) is 16.2. The SMILES string of the molecule is C=CCN1C(=O)/C(=C/c2cc(I)c(O)c(I)c2)C(=O)NC1=S. The van der Waals surface area contributed by atoms with Crippen LogP contribution < -0.4 is 5.32 Å². The first kappa shape index (κ1) is 17.3. The van der Waals surface area contributed by atoms with Crippen molar-refractivity contribution in [1.82, 2.24) is 10.2 Å². The summed E-state index contributed by atoms with van der Waals surface area (Å²) in [4.78, 5) is 25.7. The molecule has 2 N–H and O–H groups in total. The molecule has 0 saturated carbocycles. The number of carbonyl (C=O) groups excluding carboxylic acids is 2. The van der Waals surface area contributed by atoms with Crippen molar-refractivity contribution >= 4 is 80.4 Å². The molecule has 114 valence electrons. The molecule has 0 atom stereocenters. The Hall–Kier alpha value is -1.01. The number of hydrogen-bond acceptors (Lipinski definition) is 4. The number of thiocarbonyl (C=S) groups is 1. The van der Waals surface area contributed by atoms with Crippen molar-refractivity contribution in [2.24, 2.45) is 0 Å². The molecule has 2 rings (SSSR count). The minimum absolute atomic E-state index is 0.00672. The Balaban J connectivity index is 2.45. The van der Waals surface area contributed by atoms with Gasteiger partial charge in [-0.3, -0.25) is 19.8 Å². The van der Waals surface area contributed by atoms with Crippen molar-refractivity contribution in [3.8, 4) is 5.75 Å². The maximum absolute atomic E-state index is 12.4. The summed E-state index contributed by atoms with van der Waals surface area (Å²) in [6.07, 6.45) is 3.02. The minimum Gasteiger partial charge on any atom is -0.506 e. The molecule has 2 amide bonds. The monoisotopic (exact) mass is 540 g/mol. The Morgan fingerprint density at radius 2 is 1.91 bits per heavy atom. The van der Waals surface area contributed by atoms with E-state index < -0.39 is 11.8 Å². The van der Waals surface area contributed by atoms with Gasteiger partial charge in [0.1, 0.15) is 11.3 Å². The Kier molecular flexibility index (Phi) is 5.55. The molecule has 22 heavy (non-hydrogen) atoms. The van der Waals surface area contributed by atoms with E-state index >= 15 is 0 Å². The number of phenolic OH excluding ortho intramolecular Hbond substituents is 1. The van der Waals surface area contributed by atoms with Gasteiger partial charge in [0.05, 0.1) is 7.14 Å². The molecule has 0 unspecified atom stereocenters. The van der Waals surface area contributed by atoms with E-state index in [1.54, 1.807) is 12.1 Å². The summed E-state index contributed by atoms with van der Waals surface area (Å²) < 4.78 is 1.27. The molecular weight excluding hydrogens is 530 g/mol. The molecule has 1 aliphatic heterocycles. The highest BCUT2D eigenvalue weighted by Crippen LogP contribution is 2.28. The first-order valence-electron chi connectivity index (χ1n) is 6.03. The summed E-state index contributed by atoms with van der Waals surface area (Å²) in [5, 5.41) is 12.3. The van der Waals surface area contributed by atoms with Gasteiger partial charge in [-0.05, 0) is 81.2 Å². The smallest absolute Gasteiger partial charge is 0.265 e. The first-order chi connectivity index (χ1) is 10.3. The number of phenols is 1. The number of carbonyl (C=O) groups is 2. The Morgan fingerprint density at radius 1 is 1.32 bits per heavy atom. The van der Waals surface area contributed by atoms with Crippen LogP contribution in [0.2, 0.25) is 0 Å². The van der Waals surface area contributed by atoms with Crippen LogP contribution in [0, 0.1) is 7.14 Å². The third-order valence-electron chi connectivity index (χ3n) is 2.85. The van der Waals surface area contributed by atoms with Crippen LogP contribution in [0.3, 0.4) is 0 Å². The van der Waals surface area contributed by atoms with E-state index in [1.165, 1.54) is 17.1 Å². The van der Waals surface area contributed by atoms with Gasteiger partial charge < -0.3 is 5.11 Å². The molecule has 0 bridgehead atoms.